The van der Waals surface area contributed by atoms with Crippen molar-refractivity contribution in [1.29, 1.82) is 0 Å². The summed E-state index contributed by atoms with van der Waals surface area (Å²) in [5.74, 6) is 0. The van der Waals surface area contributed by atoms with E-state index in [1.807, 2.05) is 12.1 Å². The molecule has 11 rings (SSSR count). The molecule has 238 valence electrons. The molecule has 0 atom stereocenters. The summed E-state index contributed by atoms with van der Waals surface area (Å²) >= 11 is 0. The minimum absolute atomic E-state index is 0.900. The first-order chi connectivity index (χ1) is 25.3. The number of nitrogens with zero attached hydrogens (tertiary/aromatic N) is 2. The van der Waals surface area contributed by atoms with E-state index in [1.54, 1.807) is 0 Å². The van der Waals surface area contributed by atoms with E-state index < -0.39 is 0 Å². The van der Waals surface area contributed by atoms with Crippen LogP contribution < -0.4 is 0 Å². The molecule has 0 spiro atoms. The quantitative estimate of drug-likeness (QED) is 0.186. The summed E-state index contributed by atoms with van der Waals surface area (Å²) in [4.78, 5) is 0. The van der Waals surface area contributed by atoms with Crippen molar-refractivity contribution in [3.05, 3.63) is 182 Å². The highest BCUT2D eigenvalue weighted by Crippen LogP contribution is 2.44. The van der Waals surface area contributed by atoms with E-state index in [-0.39, 0.29) is 0 Å². The molecule has 3 nitrogen and oxygen atoms in total. The standard InChI is InChI=1S/C48H30N2O/c1-3-13-33(14-4-1)49-43-20-10-7-17-35(43)37-25-23-32(28-45(37)49)40-30-46-41(36-18-8-11-21-44(36)50(46)34-15-5-2-6-16-34)29-39(40)31-24-26-48-42(27-31)38-19-9-12-22-47(38)51-48/h1-30H. The fraction of sp³-hybridized carbons (Fsp3) is 0. The number of furan rings is 1. The van der Waals surface area contributed by atoms with Crippen LogP contribution in [-0.2, 0) is 0 Å². The zero-order valence-electron chi connectivity index (χ0n) is 27.6. The fourth-order valence-corrected chi connectivity index (χ4v) is 8.23. The lowest BCUT2D eigenvalue weighted by atomic mass is 9.91. The Hall–Kier alpha value is -6.84. The van der Waals surface area contributed by atoms with Gasteiger partial charge in [-0.3, -0.25) is 0 Å². The molecule has 0 bridgehead atoms. The van der Waals surface area contributed by atoms with Crippen molar-refractivity contribution in [2.75, 3.05) is 0 Å². The average molecular weight is 651 g/mol. The largest absolute Gasteiger partial charge is 0.456 e. The Morgan fingerprint density at radius 2 is 0.784 bits per heavy atom. The molecule has 0 saturated heterocycles. The van der Waals surface area contributed by atoms with Crippen LogP contribution >= 0.6 is 0 Å². The van der Waals surface area contributed by atoms with Crippen molar-refractivity contribution in [1.82, 2.24) is 9.13 Å². The van der Waals surface area contributed by atoms with E-state index in [4.69, 9.17) is 4.42 Å². The van der Waals surface area contributed by atoms with Gasteiger partial charge in [0.15, 0.2) is 0 Å². The molecule has 0 aliphatic heterocycles. The van der Waals surface area contributed by atoms with Crippen molar-refractivity contribution in [3.63, 3.8) is 0 Å². The van der Waals surface area contributed by atoms with E-state index in [2.05, 4.69) is 179 Å². The van der Waals surface area contributed by atoms with E-state index in [0.717, 1.165) is 38.9 Å². The molecule has 8 aromatic carbocycles. The minimum Gasteiger partial charge on any atom is -0.456 e. The van der Waals surface area contributed by atoms with E-state index in [1.165, 1.54) is 60.3 Å². The molecule has 0 amide bonds. The maximum absolute atomic E-state index is 6.26. The zero-order valence-corrected chi connectivity index (χ0v) is 27.6. The predicted molar refractivity (Wildman–Crippen MR) is 213 cm³/mol. The summed E-state index contributed by atoms with van der Waals surface area (Å²) in [6, 6.07) is 65.7. The Morgan fingerprint density at radius 3 is 1.49 bits per heavy atom. The lowest BCUT2D eigenvalue weighted by Crippen LogP contribution is -1.95. The molecule has 0 fully saturated rings. The van der Waals surface area contributed by atoms with Crippen LogP contribution in [-0.4, -0.2) is 9.13 Å². The SMILES string of the molecule is c1ccc(-n2c3ccccc3c3ccc(-c4cc5c(cc4-c4ccc6oc7ccccc7c6c4)c4ccccc4n5-c4ccccc4)cc32)cc1. The summed E-state index contributed by atoms with van der Waals surface area (Å²) in [6.07, 6.45) is 0. The first-order valence-corrected chi connectivity index (χ1v) is 17.4. The highest BCUT2D eigenvalue weighted by Gasteiger charge is 2.20. The maximum Gasteiger partial charge on any atom is 0.135 e. The minimum atomic E-state index is 0.900. The molecule has 51 heavy (non-hydrogen) atoms. The predicted octanol–water partition coefficient (Wildman–Crippen LogP) is 13.1. The van der Waals surface area contributed by atoms with Gasteiger partial charge in [0, 0.05) is 43.7 Å². The molecule has 3 heteroatoms. The van der Waals surface area contributed by atoms with Crippen molar-refractivity contribution in [3.8, 4) is 33.6 Å². The van der Waals surface area contributed by atoms with Gasteiger partial charge in [-0.1, -0.05) is 109 Å². The summed E-state index contributed by atoms with van der Waals surface area (Å²) in [5.41, 5.74) is 13.6. The Morgan fingerprint density at radius 1 is 0.294 bits per heavy atom. The fourth-order valence-electron chi connectivity index (χ4n) is 8.23. The molecule has 3 heterocycles. The van der Waals surface area contributed by atoms with Crippen LogP contribution in [0.1, 0.15) is 0 Å². The lowest BCUT2D eigenvalue weighted by molar-refractivity contribution is 0.669. The van der Waals surface area contributed by atoms with Gasteiger partial charge >= 0.3 is 0 Å². The van der Waals surface area contributed by atoms with Crippen LogP contribution in [0.5, 0.6) is 0 Å². The zero-order chi connectivity index (χ0) is 33.5. The third-order valence-electron chi connectivity index (χ3n) is 10.5. The molecule has 0 saturated carbocycles. The van der Waals surface area contributed by atoms with Crippen LogP contribution in [0, 0.1) is 0 Å². The summed E-state index contributed by atoms with van der Waals surface area (Å²) in [6.45, 7) is 0. The molecule has 0 unspecified atom stereocenters. The van der Waals surface area contributed by atoms with E-state index in [9.17, 15) is 0 Å². The Balaban J connectivity index is 1.26. The molecule has 0 radical (unpaired) electrons. The molecular weight excluding hydrogens is 621 g/mol. The summed E-state index contributed by atoms with van der Waals surface area (Å²) in [7, 11) is 0. The van der Waals surface area contributed by atoms with Crippen molar-refractivity contribution >= 4 is 65.6 Å². The monoisotopic (exact) mass is 650 g/mol. The number of benzene rings is 8. The maximum atomic E-state index is 6.26. The normalized spacial score (nSPS) is 11.9. The van der Waals surface area contributed by atoms with Crippen LogP contribution in [0.4, 0.5) is 0 Å². The lowest BCUT2D eigenvalue weighted by Gasteiger charge is -2.15. The van der Waals surface area contributed by atoms with Gasteiger partial charge in [-0.2, -0.15) is 0 Å². The first-order valence-electron chi connectivity index (χ1n) is 17.4. The summed E-state index contributed by atoms with van der Waals surface area (Å²) < 4.78 is 11.1. The highest BCUT2D eigenvalue weighted by molar-refractivity contribution is 6.15. The van der Waals surface area contributed by atoms with E-state index >= 15 is 0 Å². The third kappa shape index (κ3) is 4.19. The van der Waals surface area contributed by atoms with Gasteiger partial charge in [0.1, 0.15) is 11.2 Å². The number of rotatable bonds is 4. The van der Waals surface area contributed by atoms with Gasteiger partial charge in [-0.05, 0) is 95.1 Å². The number of aromatic nitrogens is 2. The van der Waals surface area contributed by atoms with Gasteiger partial charge < -0.3 is 13.6 Å². The summed E-state index contributed by atoms with van der Waals surface area (Å²) in [5, 5.41) is 7.21. The smallest absolute Gasteiger partial charge is 0.135 e. The number of fused-ring (bicyclic) bond motifs is 9. The van der Waals surface area contributed by atoms with E-state index in [0.29, 0.717) is 0 Å². The van der Waals surface area contributed by atoms with Crippen molar-refractivity contribution in [2.24, 2.45) is 0 Å². The van der Waals surface area contributed by atoms with Crippen molar-refractivity contribution in [2.45, 2.75) is 0 Å². The van der Waals surface area contributed by atoms with Gasteiger partial charge in [-0.15, -0.1) is 0 Å². The molecule has 0 N–H and O–H groups in total. The molecule has 0 aliphatic rings. The number of hydrogen-bond donors (Lipinski definition) is 0. The number of para-hydroxylation sites is 5. The Bertz CT molecular complexity index is 3130. The van der Waals surface area contributed by atoms with Crippen LogP contribution in [0.25, 0.3) is 99.2 Å². The molecule has 11 aromatic rings. The second-order valence-corrected chi connectivity index (χ2v) is 13.3. The first kappa shape index (κ1) is 28.0. The van der Waals surface area contributed by atoms with Crippen molar-refractivity contribution < 1.29 is 4.42 Å². The highest BCUT2D eigenvalue weighted by atomic mass is 16.3. The Labute approximate surface area is 293 Å². The van der Waals surface area contributed by atoms with Gasteiger partial charge in [0.2, 0.25) is 0 Å². The Kier molecular flexibility index (Phi) is 5.96. The topological polar surface area (TPSA) is 23.0 Å². The van der Waals surface area contributed by atoms with Crippen LogP contribution in [0.15, 0.2) is 186 Å². The van der Waals surface area contributed by atoms with Crippen LogP contribution in [0.3, 0.4) is 0 Å². The average Bonchev–Trinajstić information content (AvgIpc) is 3.85. The second-order valence-electron chi connectivity index (χ2n) is 13.3. The van der Waals surface area contributed by atoms with Gasteiger partial charge in [0.05, 0.1) is 22.1 Å². The van der Waals surface area contributed by atoms with Crippen LogP contribution in [0.2, 0.25) is 0 Å². The van der Waals surface area contributed by atoms with Gasteiger partial charge in [-0.25, -0.2) is 0 Å². The van der Waals surface area contributed by atoms with Gasteiger partial charge in [0.25, 0.3) is 0 Å². The molecule has 0 aliphatic carbocycles. The third-order valence-corrected chi connectivity index (χ3v) is 10.5. The second kappa shape index (κ2) is 10.8. The molecular formula is C48H30N2O. The number of hydrogen-bond acceptors (Lipinski definition) is 1. The molecule has 3 aromatic heterocycles.